The molecule has 4 nitrogen and oxygen atoms in total. The molecule has 0 radical (unpaired) electrons. The Morgan fingerprint density at radius 3 is 2.00 bits per heavy atom. The van der Waals surface area contributed by atoms with Gasteiger partial charge >= 0.3 is 6.09 Å². The molecule has 0 aliphatic carbocycles. The normalized spacial score (nSPS) is 10.6. The summed E-state index contributed by atoms with van der Waals surface area (Å²) in [5.74, 6) is -0.579. The van der Waals surface area contributed by atoms with Crippen LogP contribution in [0.2, 0.25) is 0 Å². The van der Waals surface area contributed by atoms with E-state index < -0.39 is 6.09 Å². The van der Waals surface area contributed by atoms with E-state index >= 15 is 0 Å². The highest BCUT2D eigenvalue weighted by Gasteiger charge is 2.05. The van der Waals surface area contributed by atoms with Crippen LogP contribution in [-0.4, -0.2) is 19.2 Å². The fourth-order valence-corrected chi connectivity index (χ4v) is 2.46. The summed E-state index contributed by atoms with van der Waals surface area (Å²) < 4.78 is 26.4. The third kappa shape index (κ3) is 6.15. The Bertz CT molecular complexity index is 735. The van der Waals surface area contributed by atoms with Gasteiger partial charge in [0.2, 0.25) is 0 Å². The van der Waals surface area contributed by atoms with Crippen molar-refractivity contribution in [3.05, 3.63) is 70.3 Å². The minimum atomic E-state index is -0.606. The van der Waals surface area contributed by atoms with Crippen LogP contribution in [0, 0.1) is 25.5 Å². The van der Waals surface area contributed by atoms with Crippen molar-refractivity contribution in [1.29, 1.82) is 0 Å². The first kappa shape index (κ1) is 18.9. The molecule has 6 heteroatoms. The van der Waals surface area contributed by atoms with E-state index in [9.17, 15) is 13.6 Å². The van der Waals surface area contributed by atoms with Crippen molar-refractivity contribution in [2.45, 2.75) is 26.7 Å². The quantitative estimate of drug-likeness (QED) is 0.594. The lowest BCUT2D eigenvalue weighted by Crippen LogP contribution is -2.32. The molecule has 0 aromatic heterocycles. The first-order chi connectivity index (χ1) is 12.0. The number of hydroxylamine groups is 1. The fourth-order valence-electron chi connectivity index (χ4n) is 2.46. The summed E-state index contributed by atoms with van der Waals surface area (Å²) in [5.41, 5.74) is 6.21. The Hall–Kier alpha value is -2.47. The number of amides is 1. The smallest absolute Gasteiger partial charge is 0.354 e. The van der Waals surface area contributed by atoms with Crippen LogP contribution in [0.1, 0.15) is 22.3 Å². The maximum atomic E-state index is 13.2. The third-order valence-corrected chi connectivity index (χ3v) is 3.95. The van der Waals surface area contributed by atoms with Gasteiger partial charge in [0.15, 0.2) is 0 Å². The van der Waals surface area contributed by atoms with Gasteiger partial charge in [-0.1, -0.05) is 12.1 Å². The summed E-state index contributed by atoms with van der Waals surface area (Å²) in [7, 11) is 0. The summed E-state index contributed by atoms with van der Waals surface area (Å²) in [4.78, 5) is 16.4. The highest BCUT2D eigenvalue weighted by atomic mass is 19.1. The molecule has 0 aliphatic rings. The lowest BCUT2D eigenvalue weighted by molar-refractivity contribution is 0.0905. The van der Waals surface area contributed by atoms with Gasteiger partial charge in [-0.05, 0) is 73.2 Å². The predicted molar refractivity (Wildman–Crippen MR) is 92.2 cm³/mol. The maximum Gasteiger partial charge on any atom is 0.426 e. The van der Waals surface area contributed by atoms with E-state index in [1.54, 1.807) is 12.1 Å². The summed E-state index contributed by atoms with van der Waals surface area (Å²) in [6.45, 7) is 4.51. The zero-order valence-electron chi connectivity index (χ0n) is 14.4. The van der Waals surface area contributed by atoms with Crippen molar-refractivity contribution in [3.8, 4) is 0 Å². The van der Waals surface area contributed by atoms with Gasteiger partial charge in [-0.2, -0.15) is 5.48 Å². The van der Waals surface area contributed by atoms with Crippen molar-refractivity contribution >= 4 is 6.09 Å². The topological polar surface area (TPSA) is 50.4 Å². The highest BCUT2D eigenvalue weighted by Crippen LogP contribution is 2.11. The number of aryl methyl sites for hydroxylation is 2. The Balaban J connectivity index is 1.65. The van der Waals surface area contributed by atoms with E-state index in [-0.39, 0.29) is 11.6 Å². The number of hydrogen-bond acceptors (Lipinski definition) is 3. The van der Waals surface area contributed by atoms with Crippen LogP contribution in [0.15, 0.2) is 36.4 Å². The Kier molecular flexibility index (Phi) is 6.89. The van der Waals surface area contributed by atoms with Crippen LogP contribution in [0.5, 0.6) is 0 Å². The van der Waals surface area contributed by atoms with E-state index in [0.717, 1.165) is 22.3 Å². The molecule has 134 valence electrons. The lowest BCUT2D eigenvalue weighted by Gasteiger charge is -2.10. The van der Waals surface area contributed by atoms with E-state index in [4.69, 9.17) is 4.84 Å². The maximum absolute atomic E-state index is 13.2. The van der Waals surface area contributed by atoms with E-state index in [1.807, 2.05) is 13.8 Å². The number of halogens is 2. The highest BCUT2D eigenvalue weighted by molar-refractivity contribution is 5.66. The standard InChI is InChI=1S/C19H22F2N2O2/c1-13-3-5-17(20)11-15(13)7-9-22-19(24)25-23-10-8-16-12-18(21)6-4-14(16)2/h3-6,11-12,23H,7-10H2,1-2H3,(H,22,24). The molecule has 0 saturated carbocycles. The fraction of sp³-hybridized carbons (Fsp3) is 0.316. The largest absolute Gasteiger partial charge is 0.426 e. The molecule has 2 aromatic carbocycles. The second kappa shape index (κ2) is 9.13. The number of benzene rings is 2. The summed E-state index contributed by atoms with van der Waals surface area (Å²) in [5, 5.41) is 2.59. The zero-order valence-corrected chi connectivity index (χ0v) is 14.4. The number of nitrogens with one attached hydrogen (secondary N) is 2. The molecule has 2 N–H and O–H groups in total. The first-order valence-corrected chi connectivity index (χ1v) is 8.13. The SMILES string of the molecule is Cc1ccc(F)cc1CCNOC(=O)NCCc1cc(F)ccc1C. The van der Waals surface area contributed by atoms with Gasteiger partial charge in [-0.25, -0.2) is 13.6 Å². The molecule has 1 amide bonds. The van der Waals surface area contributed by atoms with Crippen molar-refractivity contribution in [2.24, 2.45) is 0 Å². The van der Waals surface area contributed by atoms with E-state index in [0.29, 0.717) is 25.9 Å². The molecule has 2 rings (SSSR count). The second-order valence-corrected chi connectivity index (χ2v) is 5.85. The summed E-state index contributed by atoms with van der Waals surface area (Å²) in [6, 6.07) is 9.17. The van der Waals surface area contributed by atoms with Gasteiger partial charge in [0, 0.05) is 13.1 Å². The van der Waals surface area contributed by atoms with Gasteiger partial charge in [0.05, 0.1) is 0 Å². The molecule has 0 atom stereocenters. The van der Waals surface area contributed by atoms with Crippen LogP contribution in [-0.2, 0) is 17.7 Å². The molecule has 0 saturated heterocycles. The average Bonchev–Trinajstić information content (AvgIpc) is 2.57. The molecule has 0 bridgehead atoms. The third-order valence-electron chi connectivity index (χ3n) is 3.95. The van der Waals surface area contributed by atoms with E-state index in [2.05, 4.69) is 10.8 Å². The molecule has 2 aromatic rings. The van der Waals surface area contributed by atoms with Crippen molar-refractivity contribution in [2.75, 3.05) is 13.1 Å². The van der Waals surface area contributed by atoms with Crippen molar-refractivity contribution in [1.82, 2.24) is 10.8 Å². The zero-order chi connectivity index (χ0) is 18.2. The van der Waals surface area contributed by atoms with Crippen LogP contribution in [0.25, 0.3) is 0 Å². The predicted octanol–water partition coefficient (Wildman–Crippen LogP) is 3.60. The van der Waals surface area contributed by atoms with Gasteiger partial charge in [-0.3, -0.25) is 0 Å². The molecular formula is C19H22F2N2O2. The molecule has 0 unspecified atom stereocenters. The van der Waals surface area contributed by atoms with Crippen LogP contribution >= 0.6 is 0 Å². The van der Waals surface area contributed by atoms with Crippen molar-refractivity contribution < 1.29 is 18.4 Å². The van der Waals surface area contributed by atoms with Gasteiger partial charge in [0.1, 0.15) is 11.6 Å². The molecular weight excluding hydrogens is 326 g/mol. The Morgan fingerprint density at radius 2 is 1.44 bits per heavy atom. The number of rotatable bonds is 7. The van der Waals surface area contributed by atoms with Gasteiger partial charge in [0.25, 0.3) is 0 Å². The van der Waals surface area contributed by atoms with Crippen molar-refractivity contribution in [3.63, 3.8) is 0 Å². The summed E-state index contributed by atoms with van der Waals surface area (Å²) >= 11 is 0. The van der Waals surface area contributed by atoms with Gasteiger partial charge in [-0.15, -0.1) is 0 Å². The average molecular weight is 348 g/mol. The molecule has 0 spiro atoms. The summed E-state index contributed by atoms with van der Waals surface area (Å²) in [6.07, 6.45) is 0.450. The monoisotopic (exact) mass is 348 g/mol. The Morgan fingerprint density at radius 1 is 0.920 bits per heavy atom. The van der Waals surface area contributed by atoms with Crippen LogP contribution < -0.4 is 10.8 Å². The molecule has 0 heterocycles. The lowest BCUT2D eigenvalue weighted by atomic mass is 10.1. The minimum absolute atomic E-state index is 0.285. The van der Waals surface area contributed by atoms with E-state index in [1.165, 1.54) is 24.3 Å². The van der Waals surface area contributed by atoms with Crippen LogP contribution in [0.4, 0.5) is 13.6 Å². The molecule has 0 fully saturated rings. The first-order valence-electron chi connectivity index (χ1n) is 8.13. The number of hydrogen-bond donors (Lipinski definition) is 2. The van der Waals surface area contributed by atoms with Crippen LogP contribution in [0.3, 0.4) is 0 Å². The Labute approximate surface area is 146 Å². The number of carbonyl (C=O) groups is 1. The molecule has 0 aliphatic heterocycles. The van der Waals surface area contributed by atoms with Gasteiger partial charge < -0.3 is 10.2 Å². The minimum Gasteiger partial charge on any atom is -0.354 e. The number of carbonyl (C=O) groups excluding carboxylic acids is 1. The second-order valence-electron chi connectivity index (χ2n) is 5.85. The molecule has 25 heavy (non-hydrogen) atoms.